The zero-order valence-corrected chi connectivity index (χ0v) is 16.6. The van der Waals surface area contributed by atoms with Crippen LogP contribution in [0.5, 0.6) is 17.2 Å². The van der Waals surface area contributed by atoms with Gasteiger partial charge in [-0.1, -0.05) is 12.1 Å². The predicted molar refractivity (Wildman–Crippen MR) is 105 cm³/mol. The lowest BCUT2D eigenvalue weighted by molar-refractivity contribution is -0.142. The topological polar surface area (TPSA) is 141 Å². The lowest BCUT2D eigenvalue weighted by Gasteiger charge is -2.28. The van der Waals surface area contributed by atoms with Crippen molar-refractivity contribution in [2.24, 2.45) is 5.92 Å². The first-order chi connectivity index (χ1) is 14.2. The zero-order chi connectivity index (χ0) is 22.2. The Kier molecular flexibility index (Phi) is 5.80. The molecule has 0 saturated heterocycles. The summed E-state index contributed by atoms with van der Waals surface area (Å²) >= 11 is 0. The van der Waals surface area contributed by atoms with E-state index in [1.54, 1.807) is 7.11 Å². The highest BCUT2D eigenvalue weighted by atomic mass is 16.5. The monoisotopic (exact) mass is 414 g/mol. The molecule has 0 aliphatic heterocycles. The molecule has 1 unspecified atom stereocenters. The van der Waals surface area contributed by atoms with Crippen LogP contribution in [0, 0.1) is 5.92 Å². The third kappa shape index (κ3) is 3.29. The molecule has 2 aliphatic rings. The van der Waals surface area contributed by atoms with Crippen molar-refractivity contribution >= 4 is 17.5 Å². The van der Waals surface area contributed by atoms with Crippen LogP contribution in [-0.2, 0) is 22.4 Å². The van der Waals surface area contributed by atoms with E-state index < -0.39 is 35.0 Å². The van der Waals surface area contributed by atoms with Crippen molar-refractivity contribution in [3.05, 3.63) is 51.6 Å². The Balaban J connectivity index is 0.000000589. The molecule has 1 atom stereocenters. The zero-order valence-electron chi connectivity index (χ0n) is 16.6. The molecule has 0 bridgehead atoms. The number of aliphatic carboxylic acids is 1. The quantitative estimate of drug-likeness (QED) is 0.469. The summed E-state index contributed by atoms with van der Waals surface area (Å²) in [6, 6.07) is 4.02. The van der Waals surface area contributed by atoms with Gasteiger partial charge in [-0.15, -0.1) is 0 Å². The number of carboxylic acid groups (broad SMARTS) is 1. The first-order valence-corrected chi connectivity index (χ1v) is 9.47. The fourth-order valence-electron chi connectivity index (χ4n) is 3.86. The van der Waals surface area contributed by atoms with Crippen LogP contribution in [0.25, 0.3) is 0 Å². The molecule has 2 aliphatic carbocycles. The first-order valence-electron chi connectivity index (χ1n) is 9.47. The van der Waals surface area contributed by atoms with Gasteiger partial charge in [0.05, 0.1) is 22.6 Å². The number of hydrogen-bond acceptors (Lipinski definition) is 7. The van der Waals surface area contributed by atoms with Crippen LogP contribution in [0.1, 0.15) is 56.3 Å². The van der Waals surface area contributed by atoms with Gasteiger partial charge in [-0.3, -0.25) is 14.4 Å². The molecule has 4 N–H and O–H groups in total. The Morgan fingerprint density at radius 1 is 1.03 bits per heavy atom. The molecular weight excluding hydrogens is 392 g/mol. The van der Waals surface area contributed by atoms with Crippen molar-refractivity contribution in [3.8, 4) is 17.2 Å². The van der Waals surface area contributed by atoms with E-state index in [9.17, 15) is 34.8 Å². The maximum Gasteiger partial charge on any atom is 0.306 e. The first kappa shape index (κ1) is 21.3. The van der Waals surface area contributed by atoms with E-state index in [-0.39, 0.29) is 58.4 Å². The maximum absolute atomic E-state index is 12.8. The predicted octanol–water partition coefficient (Wildman–Crippen LogP) is 2.42. The van der Waals surface area contributed by atoms with Crippen molar-refractivity contribution in [2.75, 3.05) is 13.7 Å². The van der Waals surface area contributed by atoms with Crippen LogP contribution >= 0.6 is 0 Å². The number of benzene rings is 2. The molecule has 0 radical (unpaired) electrons. The van der Waals surface area contributed by atoms with Crippen LogP contribution in [0.3, 0.4) is 0 Å². The van der Waals surface area contributed by atoms with Gasteiger partial charge in [0, 0.05) is 30.4 Å². The van der Waals surface area contributed by atoms with Gasteiger partial charge in [-0.25, -0.2) is 0 Å². The molecular formula is C22H22O8. The molecule has 0 saturated carbocycles. The molecule has 8 heteroatoms. The summed E-state index contributed by atoms with van der Waals surface area (Å²) in [5.74, 6) is -4.48. The summed E-state index contributed by atoms with van der Waals surface area (Å²) < 4.78 is 4.54. The van der Waals surface area contributed by atoms with Gasteiger partial charge in [0.1, 0.15) is 17.2 Å². The second-order valence-electron chi connectivity index (χ2n) is 7.12. The average Bonchev–Trinajstić information content (AvgIpc) is 2.74. The van der Waals surface area contributed by atoms with E-state index >= 15 is 0 Å². The van der Waals surface area contributed by atoms with E-state index in [1.807, 2.05) is 6.92 Å². The Bertz CT molecular complexity index is 1050. The molecule has 2 aromatic rings. The minimum Gasteiger partial charge on any atom is -0.507 e. The second-order valence-corrected chi connectivity index (χ2v) is 7.12. The molecule has 8 nitrogen and oxygen atoms in total. The van der Waals surface area contributed by atoms with Crippen molar-refractivity contribution in [1.29, 1.82) is 0 Å². The van der Waals surface area contributed by atoms with Crippen LogP contribution in [-0.4, -0.2) is 51.7 Å². The fourth-order valence-corrected chi connectivity index (χ4v) is 3.86. The van der Waals surface area contributed by atoms with Crippen LogP contribution in [0.4, 0.5) is 0 Å². The molecule has 4 rings (SSSR count). The van der Waals surface area contributed by atoms with Gasteiger partial charge in [0.25, 0.3) is 0 Å². The molecule has 2 aromatic carbocycles. The third-order valence-corrected chi connectivity index (χ3v) is 5.46. The van der Waals surface area contributed by atoms with E-state index in [0.717, 1.165) is 6.61 Å². The second kappa shape index (κ2) is 8.16. The number of hydrogen-bond donors (Lipinski definition) is 4. The number of phenols is 3. The van der Waals surface area contributed by atoms with Crippen molar-refractivity contribution < 1.29 is 39.5 Å². The Morgan fingerprint density at radius 2 is 1.63 bits per heavy atom. The molecule has 158 valence electrons. The SMILES string of the molecule is CCOC.O=C1c2cccc(O)c2C(=O)c2c(O)c3c(c(O)c21)CC(C(=O)O)CC3. The number of ether oxygens (including phenoxy) is 1. The highest BCUT2D eigenvalue weighted by Gasteiger charge is 2.40. The summed E-state index contributed by atoms with van der Waals surface area (Å²) in [5.41, 5.74) is -0.491. The molecule has 0 fully saturated rings. The van der Waals surface area contributed by atoms with E-state index in [0.29, 0.717) is 0 Å². The molecule has 0 heterocycles. The average molecular weight is 414 g/mol. The van der Waals surface area contributed by atoms with Crippen LogP contribution in [0.2, 0.25) is 0 Å². The number of phenolic OH excluding ortho intramolecular Hbond substituents is 3. The minimum absolute atomic E-state index is 0.0360. The summed E-state index contributed by atoms with van der Waals surface area (Å²) in [6.07, 6.45) is 0.373. The normalized spacial score (nSPS) is 16.7. The number of aromatic hydroxyl groups is 3. The summed E-state index contributed by atoms with van der Waals surface area (Å²) in [7, 11) is 1.68. The number of ketones is 2. The van der Waals surface area contributed by atoms with E-state index in [2.05, 4.69) is 4.74 Å². The van der Waals surface area contributed by atoms with E-state index in [1.165, 1.54) is 18.2 Å². The Labute approximate surface area is 172 Å². The van der Waals surface area contributed by atoms with Crippen molar-refractivity contribution in [3.63, 3.8) is 0 Å². The van der Waals surface area contributed by atoms with Crippen molar-refractivity contribution in [2.45, 2.75) is 26.2 Å². The number of methoxy groups -OCH3 is 1. The number of rotatable bonds is 2. The van der Waals surface area contributed by atoms with Gasteiger partial charge < -0.3 is 25.2 Å². The fraction of sp³-hybridized carbons (Fsp3) is 0.318. The number of carbonyl (C=O) groups excluding carboxylic acids is 2. The Hall–Kier alpha value is -3.39. The van der Waals surface area contributed by atoms with Crippen molar-refractivity contribution in [1.82, 2.24) is 0 Å². The highest BCUT2D eigenvalue weighted by molar-refractivity contribution is 6.31. The standard InChI is InChI=1S/C19H14O7.C3H8O/c20-11-3-1-2-9-12(11)18(24)14-13(16(9)22)17(23)10-6-7(19(25)26)4-5-8(10)15(14)21;1-3-4-2/h1-3,7,20-21,23H,4-6H2,(H,25,26);3H2,1-2H3. The Morgan fingerprint density at radius 3 is 2.23 bits per heavy atom. The lowest BCUT2D eigenvalue weighted by Crippen LogP contribution is -2.26. The van der Waals surface area contributed by atoms with Gasteiger partial charge in [0.15, 0.2) is 5.78 Å². The van der Waals surface area contributed by atoms with Gasteiger partial charge >= 0.3 is 5.97 Å². The van der Waals surface area contributed by atoms with Crippen LogP contribution < -0.4 is 0 Å². The smallest absolute Gasteiger partial charge is 0.306 e. The minimum atomic E-state index is -1.02. The molecule has 0 amide bonds. The molecule has 30 heavy (non-hydrogen) atoms. The molecule has 0 aromatic heterocycles. The third-order valence-electron chi connectivity index (χ3n) is 5.46. The summed E-state index contributed by atoms with van der Waals surface area (Å²) in [5, 5.41) is 40.5. The van der Waals surface area contributed by atoms with E-state index in [4.69, 9.17) is 0 Å². The largest absolute Gasteiger partial charge is 0.507 e. The van der Waals surface area contributed by atoms with Gasteiger partial charge in [0.2, 0.25) is 5.78 Å². The number of carboxylic acids is 1. The van der Waals surface area contributed by atoms with Gasteiger partial charge in [-0.05, 0) is 32.3 Å². The number of fused-ring (bicyclic) bond motifs is 3. The lowest BCUT2D eigenvalue weighted by atomic mass is 9.75. The molecule has 0 spiro atoms. The highest BCUT2D eigenvalue weighted by Crippen LogP contribution is 2.47. The number of carbonyl (C=O) groups is 3. The maximum atomic E-state index is 12.8. The summed E-state index contributed by atoms with van der Waals surface area (Å²) in [4.78, 5) is 36.9. The summed E-state index contributed by atoms with van der Waals surface area (Å²) in [6.45, 7) is 2.78. The van der Waals surface area contributed by atoms with Crippen LogP contribution in [0.15, 0.2) is 18.2 Å². The van der Waals surface area contributed by atoms with Gasteiger partial charge in [-0.2, -0.15) is 0 Å².